The van der Waals surface area contributed by atoms with Crippen LogP contribution in [-0.4, -0.2) is 29.6 Å². The molecule has 26 heavy (non-hydrogen) atoms. The van der Waals surface area contributed by atoms with E-state index in [0.717, 1.165) is 37.7 Å². The van der Waals surface area contributed by atoms with Gasteiger partial charge in [0, 0.05) is 15.8 Å². The number of hydrogen-bond donors (Lipinski definition) is 1. The molecule has 1 heterocycles. The minimum absolute atomic E-state index is 0.124. The summed E-state index contributed by atoms with van der Waals surface area (Å²) in [4.78, 5) is 2.38. The zero-order valence-electron chi connectivity index (χ0n) is 15.6. The fraction of sp³-hybridized carbons (Fsp3) is 0.391. The van der Waals surface area contributed by atoms with Crippen LogP contribution in [0, 0.1) is 0 Å². The lowest BCUT2D eigenvalue weighted by Gasteiger charge is -2.48. The Bertz CT molecular complexity index is 875. The summed E-state index contributed by atoms with van der Waals surface area (Å²) < 4.78 is 1.27. The summed E-state index contributed by atoms with van der Waals surface area (Å²) in [7, 11) is 4.38. The van der Waals surface area contributed by atoms with Crippen LogP contribution in [0.2, 0.25) is 0 Å². The number of nitrogens with zero attached hydrogens (tertiary/aromatic N) is 1. The molecule has 1 aliphatic carbocycles. The van der Waals surface area contributed by atoms with Gasteiger partial charge in [-0.05, 0) is 68.6 Å². The van der Waals surface area contributed by atoms with Crippen molar-refractivity contribution >= 4 is 21.4 Å². The third kappa shape index (κ3) is 3.09. The van der Waals surface area contributed by atoms with E-state index in [1.54, 1.807) is 11.3 Å². The smallest absolute Gasteiger partial charge is 0.0912 e. The van der Waals surface area contributed by atoms with Crippen LogP contribution in [0.5, 0.6) is 0 Å². The molecular formula is C23H27NOS. The van der Waals surface area contributed by atoms with Gasteiger partial charge >= 0.3 is 0 Å². The van der Waals surface area contributed by atoms with Gasteiger partial charge in [-0.2, -0.15) is 0 Å². The van der Waals surface area contributed by atoms with Gasteiger partial charge in [-0.25, -0.2) is 0 Å². The molecule has 1 aromatic heterocycles. The molecule has 0 radical (unpaired) electrons. The third-order valence-corrected chi connectivity index (χ3v) is 7.28. The maximum Gasteiger partial charge on any atom is 0.0912 e. The normalized spacial score (nSPS) is 26.5. The second-order valence-electron chi connectivity index (χ2n) is 7.96. The number of likely N-dealkylation sites (N-methyl/N-ethyl adjacent to an activating group) is 1. The third-order valence-electron chi connectivity index (χ3n) is 6.31. The van der Waals surface area contributed by atoms with E-state index in [0.29, 0.717) is 0 Å². The SMILES string of the molecule is CN(C)C1(Cc2ccccc2)CCC(O)(c2csc3ccccc23)CC1. The van der Waals surface area contributed by atoms with Gasteiger partial charge in [0.2, 0.25) is 0 Å². The summed E-state index contributed by atoms with van der Waals surface area (Å²) in [5.41, 5.74) is 1.94. The maximum atomic E-state index is 11.5. The highest BCUT2D eigenvalue weighted by molar-refractivity contribution is 7.17. The molecule has 0 saturated heterocycles. The van der Waals surface area contributed by atoms with Crippen LogP contribution < -0.4 is 0 Å². The van der Waals surface area contributed by atoms with Crippen molar-refractivity contribution in [2.45, 2.75) is 43.2 Å². The van der Waals surface area contributed by atoms with E-state index in [4.69, 9.17) is 0 Å². The zero-order valence-corrected chi connectivity index (χ0v) is 16.4. The fourth-order valence-corrected chi connectivity index (χ4v) is 5.55. The summed E-state index contributed by atoms with van der Waals surface area (Å²) in [6.45, 7) is 0. The number of hydrogen-bond acceptors (Lipinski definition) is 3. The predicted molar refractivity (Wildman–Crippen MR) is 111 cm³/mol. The minimum atomic E-state index is -0.699. The molecule has 4 rings (SSSR count). The van der Waals surface area contributed by atoms with Crippen LogP contribution >= 0.6 is 11.3 Å². The Morgan fingerprint density at radius 2 is 1.58 bits per heavy atom. The molecule has 0 unspecified atom stereocenters. The van der Waals surface area contributed by atoms with E-state index < -0.39 is 5.60 Å². The van der Waals surface area contributed by atoms with Gasteiger partial charge in [0.05, 0.1) is 5.60 Å². The molecule has 1 aliphatic rings. The Morgan fingerprint density at radius 3 is 2.27 bits per heavy atom. The molecule has 2 aromatic carbocycles. The van der Waals surface area contributed by atoms with E-state index in [1.807, 2.05) is 0 Å². The lowest BCUT2D eigenvalue weighted by atomic mass is 9.68. The highest BCUT2D eigenvalue weighted by Gasteiger charge is 2.44. The van der Waals surface area contributed by atoms with Crippen molar-refractivity contribution in [1.29, 1.82) is 0 Å². The maximum absolute atomic E-state index is 11.5. The van der Waals surface area contributed by atoms with Gasteiger partial charge in [-0.1, -0.05) is 48.5 Å². The molecule has 3 aromatic rings. The molecular weight excluding hydrogens is 338 g/mol. The zero-order chi connectivity index (χ0) is 18.2. The Balaban J connectivity index is 1.60. The molecule has 1 saturated carbocycles. The number of aliphatic hydroxyl groups is 1. The summed E-state index contributed by atoms with van der Waals surface area (Å²) in [5, 5.41) is 14.9. The van der Waals surface area contributed by atoms with E-state index in [9.17, 15) is 5.11 Å². The predicted octanol–water partition coefficient (Wildman–Crippen LogP) is 5.21. The average Bonchev–Trinajstić information content (AvgIpc) is 3.10. The van der Waals surface area contributed by atoms with E-state index in [-0.39, 0.29) is 5.54 Å². The molecule has 2 nitrogen and oxygen atoms in total. The highest BCUT2D eigenvalue weighted by atomic mass is 32.1. The average molecular weight is 366 g/mol. The van der Waals surface area contributed by atoms with Crippen LogP contribution in [0.3, 0.4) is 0 Å². The Hall–Kier alpha value is -1.68. The van der Waals surface area contributed by atoms with Crippen molar-refractivity contribution in [2.75, 3.05) is 14.1 Å². The molecule has 1 fully saturated rings. The molecule has 0 amide bonds. The Morgan fingerprint density at radius 1 is 0.923 bits per heavy atom. The van der Waals surface area contributed by atoms with Crippen molar-refractivity contribution in [2.24, 2.45) is 0 Å². The lowest BCUT2D eigenvalue weighted by molar-refractivity contribution is -0.0474. The fourth-order valence-electron chi connectivity index (χ4n) is 4.49. The Labute approximate surface area is 160 Å². The second kappa shape index (κ2) is 6.80. The van der Waals surface area contributed by atoms with Crippen molar-refractivity contribution in [3.05, 3.63) is 71.1 Å². The van der Waals surface area contributed by atoms with E-state index >= 15 is 0 Å². The van der Waals surface area contributed by atoms with E-state index in [2.05, 4.69) is 79.0 Å². The summed E-state index contributed by atoms with van der Waals surface area (Å²) in [5.74, 6) is 0. The lowest BCUT2D eigenvalue weighted by Crippen LogP contribution is -2.51. The molecule has 0 aliphatic heterocycles. The summed E-state index contributed by atoms with van der Waals surface area (Å²) >= 11 is 1.74. The van der Waals surface area contributed by atoms with Crippen molar-refractivity contribution in [1.82, 2.24) is 4.90 Å². The number of benzene rings is 2. The minimum Gasteiger partial charge on any atom is -0.385 e. The summed E-state index contributed by atoms with van der Waals surface area (Å²) in [6.07, 6.45) is 4.70. The number of fused-ring (bicyclic) bond motifs is 1. The Kier molecular flexibility index (Phi) is 4.64. The van der Waals surface area contributed by atoms with E-state index in [1.165, 1.54) is 15.6 Å². The molecule has 0 atom stereocenters. The molecule has 0 spiro atoms. The van der Waals surface area contributed by atoms with Crippen molar-refractivity contribution < 1.29 is 5.11 Å². The topological polar surface area (TPSA) is 23.5 Å². The first kappa shape index (κ1) is 17.7. The van der Waals surface area contributed by atoms with Crippen LogP contribution in [0.1, 0.15) is 36.8 Å². The standard InChI is InChI=1S/C23H27NOS/c1-24(2)22(16-18-8-4-3-5-9-18)12-14-23(25,15-13-22)20-17-26-21-11-7-6-10-19(20)21/h3-11,17,25H,12-16H2,1-2H3. The van der Waals surface area contributed by atoms with Crippen LogP contribution in [0.25, 0.3) is 10.1 Å². The van der Waals surface area contributed by atoms with Crippen LogP contribution in [-0.2, 0) is 12.0 Å². The van der Waals surface area contributed by atoms with Gasteiger partial charge in [0.1, 0.15) is 0 Å². The summed E-state index contributed by atoms with van der Waals surface area (Å²) in [6, 6.07) is 19.2. The molecule has 136 valence electrons. The molecule has 1 N–H and O–H groups in total. The first-order valence-electron chi connectivity index (χ1n) is 9.43. The second-order valence-corrected chi connectivity index (χ2v) is 8.87. The van der Waals surface area contributed by atoms with Gasteiger partial charge in [-0.15, -0.1) is 11.3 Å². The highest BCUT2D eigenvalue weighted by Crippen LogP contribution is 2.47. The van der Waals surface area contributed by atoms with Gasteiger partial charge in [0.15, 0.2) is 0 Å². The number of rotatable bonds is 4. The van der Waals surface area contributed by atoms with Crippen molar-refractivity contribution in [3.8, 4) is 0 Å². The molecule has 0 bridgehead atoms. The van der Waals surface area contributed by atoms with Gasteiger partial charge in [-0.3, -0.25) is 0 Å². The van der Waals surface area contributed by atoms with Gasteiger partial charge in [0.25, 0.3) is 0 Å². The first-order valence-corrected chi connectivity index (χ1v) is 10.3. The number of thiophene rings is 1. The first-order chi connectivity index (χ1) is 12.5. The van der Waals surface area contributed by atoms with Crippen LogP contribution in [0.15, 0.2) is 60.0 Å². The molecule has 3 heteroatoms. The van der Waals surface area contributed by atoms with Crippen molar-refractivity contribution in [3.63, 3.8) is 0 Å². The quantitative estimate of drug-likeness (QED) is 0.686. The monoisotopic (exact) mass is 365 g/mol. The largest absolute Gasteiger partial charge is 0.385 e. The van der Waals surface area contributed by atoms with Crippen LogP contribution in [0.4, 0.5) is 0 Å². The van der Waals surface area contributed by atoms with Gasteiger partial charge < -0.3 is 10.0 Å².